The topological polar surface area (TPSA) is 42.7 Å². The van der Waals surface area contributed by atoms with Gasteiger partial charge in [0.25, 0.3) is 5.91 Å². The van der Waals surface area contributed by atoms with Crippen molar-refractivity contribution in [1.82, 2.24) is 4.90 Å². The molecule has 4 nitrogen and oxygen atoms in total. The van der Waals surface area contributed by atoms with Crippen molar-refractivity contribution in [2.75, 3.05) is 20.2 Å². The predicted octanol–water partition coefficient (Wildman–Crippen LogP) is 3.08. The van der Waals surface area contributed by atoms with Crippen LogP contribution in [-0.4, -0.2) is 31.0 Å². The molecule has 5 heteroatoms. The van der Waals surface area contributed by atoms with Gasteiger partial charge in [-0.1, -0.05) is 11.6 Å². The van der Waals surface area contributed by atoms with Gasteiger partial charge in [0.05, 0.1) is 12.8 Å². The SMILES string of the molecule is CN(CCOc1ccc(Cl)cc1)C(=O)c1ccco1. The molecule has 2 aromatic rings. The number of likely N-dealkylation sites (N-methyl/N-ethyl adjacent to an activating group) is 1. The Morgan fingerprint density at radius 3 is 2.68 bits per heavy atom. The van der Waals surface area contributed by atoms with Crippen LogP contribution in [0.25, 0.3) is 0 Å². The number of halogens is 1. The molecule has 0 unspecified atom stereocenters. The van der Waals surface area contributed by atoms with E-state index in [-0.39, 0.29) is 5.91 Å². The Hall–Kier alpha value is -1.94. The van der Waals surface area contributed by atoms with Gasteiger partial charge in [-0.2, -0.15) is 0 Å². The number of ether oxygens (including phenoxy) is 1. The molecule has 100 valence electrons. The Labute approximate surface area is 116 Å². The van der Waals surface area contributed by atoms with Gasteiger partial charge in [0, 0.05) is 12.1 Å². The van der Waals surface area contributed by atoms with Gasteiger partial charge in [-0.25, -0.2) is 0 Å². The number of rotatable bonds is 5. The largest absolute Gasteiger partial charge is 0.492 e. The monoisotopic (exact) mass is 279 g/mol. The molecule has 0 fully saturated rings. The molecule has 0 aliphatic rings. The summed E-state index contributed by atoms with van der Waals surface area (Å²) in [7, 11) is 1.70. The normalized spacial score (nSPS) is 10.2. The number of amides is 1. The highest BCUT2D eigenvalue weighted by Gasteiger charge is 2.13. The van der Waals surface area contributed by atoms with Crippen molar-refractivity contribution in [3.8, 4) is 5.75 Å². The quantitative estimate of drug-likeness (QED) is 0.845. The second-order valence-corrected chi connectivity index (χ2v) is 4.44. The first-order valence-corrected chi connectivity index (χ1v) is 6.22. The molecule has 1 heterocycles. The zero-order chi connectivity index (χ0) is 13.7. The maximum atomic E-state index is 11.9. The number of carbonyl (C=O) groups is 1. The summed E-state index contributed by atoms with van der Waals surface area (Å²) in [6.07, 6.45) is 1.48. The van der Waals surface area contributed by atoms with Gasteiger partial charge < -0.3 is 14.1 Å². The molecule has 0 spiro atoms. The Morgan fingerprint density at radius 2 is 2.05 bits per heavy atom. The average molecular weight is 280 g/mol. The first-order valence-electron chi connectivity index (χ1n) is 5.84. The van der Waals surface area contributed by atoms with Gasteiger partial charge in [0.1, 0.15) is 12.4 Å². The van der Waals surface area contributed by atoms with Gasteiger partial charge in [0.15, 0.2) is 5.76 Å². The lowest BCUT2D eigenvalue weighted by molar-refractivity contribution is 0.0742. The van der Waals surface area contributed by atoms with Crippen molar-refractivity contribution in [1.29, 1.82) is 0 Å². The number of benzene rings is 1. The van der Waals surface area contributed by atoms with Crippen LogP contribution in [0.4, 0.5) is 0 Å². The molecule has 1 amide bonds. The molecule has 0 saturated carbocycles. The second-order valence-electron chi connectivity index (χ2n) is 4.01. The van der Waals surface area contributed by atoms with E-state index in [4.69, 9.17) is 20.8 Å². The van der Waals surface area contributed by atoms with Gasteiger partial charge in [-0.15, -0.1) is 0 Å². The Kier molecular flexibility index (Phi) is 4.47. The first kappa shape index (κ1) is 13.5. The van der Waals surface area contributed by atoms with Crippen LogP contribution < -0.4 is 4.74 Å². The number of carbonyl (C=O) groups excluding carboxylic acids is 1. The minimum absolute atomic E-state index is 0.162. The summed E-state index contributed by atoms with van der Waals surface area (Å²) < 4.78 is 10.6. The lowest BCUT2D eigenvalue weighted by Crippen LogP contribution is -2.30. The van der Waals surface area contributed by atoms with Gasteiger partial charge >= 0.3 is 0 Å². The van der Waals surface area contributed by atoms with Crippen LogP contribution in [0.1, 0.15) is 10.6 Å². The molecule has 0 N–H and O–H groups in total. The fourth-order valence-electron chi connectivity index (χ4n) is 1.52. The minimum atomic E-state index is -0.162. The molecule has 0 atom stereocenters. The standard InChI is InChI=1S/C14H14ClNO3/c1-16(14(17)13-3-2-9-19-13)8-10-18-12-6-4-11(15)5-7-12/h2-7,9H,8,10H2,1H3. The van der Waals surface area contributed by atoms with Gasteiger partial charge in [-0.3, -0.25) is 4.79 Å². The average Bonchev–Trinajstić information content (AvgIpc) is 2.94. The molecule has 19 heavy (non-hydrogen) atoms. The molecule has 0 radical (unpaired) electrons. The summed E-state index contributed by atoms with van der Waals surface area (Å²) in [4.78, 5) is 13.4. The van der Waals surface area contributed by atoms with Crippen molar-refractivity contribution < 1.29 is 13.9 Å². The summed E-state index contributed by atoms with van der Waals surface area (Å²) in [6, 6.07) is 10.4. The zero-order valence-corrected chi connectivity index (χ0v) is 11.3. The summed E-state index contributed by atoms with van der Waals surface area (Å²) in [5.41, 5.74) is 0. The summed E-state index contributed by atoms with van der Waals surface area (Å²) in [5.74, 6) is 0.891. The molecule has 2 rings (SSSR count). The van der Waals surface area contributed by atoms with Crippen LogP contribution in [-0.2, 0) is 0 Å². The van der Waals surface area contributed by atoms with E-state index in [1.165, 1.54) is 6.26 Å². The van der Waals surface area contributed by atoms with E-state index in [0.29, 0.717) is 23.9 Å². The second kappa shape index (κ2) is 6.29. The predicted molar refractivity (Wildman–Crippen MR) is 72.6 cm³/mol. The van der Waals surface area contributed by atoms with Crippen LogP contribution in [0.2, 0.25) is 5.02 Å². The fraction of sp³-hybridized carbons (Fsp3) is 0.214. The maximum Gasteiger partial charge on any atom is 0.289 e. The molecule has 0 aliphatic carbocycles. The van der Waals surface area contributed by atoms with Crippen LogP contribution in [0.3, 0.4) is 0 Å². The Bertz CT molecular complexity index is 522. The molecular formula is C14H14ClNO3. The third kappa shape index (κ3) is 3.76. The van der Waals surface area contributed by atoms with Crippen molar-refractivity contribution in [2.45, 2.75) is 0 Å². The zero-order valence-electron chi connectivity index (χ0n) is 10.5. The van der Waals surface area contributed by atoms with Crippen molar-refractivity contribution in [2.24, 2.45) is 0 Å². The van der Waals surface area contributed by atoms with E-state index in [9.17, 15) is 4.79 Å². The summed E-state index contributed by atoms with van der Waals surface area (Å²) in [6.45, 7) is 0.882. The lowest BCUT2D eigenvalue weighted by atomic mass is 10.3. The number of furan rings is 1. The summed E-state index contributed by atoms with van der Waals surface area (Å²) >= 11 is 5.78. The maximum absolute atomic E-state index is 11.9. The van der Waals surface area contributed by atoms with Gasteiger partial charge in [-0.05, 0) is 36.4 Å². The van der Waals surface area contributed by atoms with Crippen molar-refractivity contribution in [3.05, 3.63) is 53.4 Å². The third-order valence-corrected chi connectivity index (χ3v) is 2.84. The molecule has 0 bridgehead atoms. The van der Waals surface area contributed by atoms with Crippen molar-refractivity contribution >= 4 is 17.5 Å². The van der Waals surface area contributed by atoms with Crippen molar-refractivity contribution in [3.63, 3.8) is 0 Å². The number of hydrogen-bond donors (Lipinski definition) is 0. The van der Waals surface area contributed by atoms with Crippen LogP contribution in [0.5, 0.6) is 5.75 Å². The van der Waals surface area contributed by atoms with E-state index in [1.807, 2.05) is 0 Å². The van der Waals surface area contributed by atoms with E-state index >= 15 is 0 Å². The van der Waals surface area contributed by atoms with E-state index < -0.39 is 0 Å². The lowest BCUT2D eigenvalue weighted by Gasteiger charge is -2.16. The molecule has 1 aromatic carbocycles. The molecular weight excluding hydrogens is 266 g/mol. The summed E-state index contributed by atoms with van der Waals surface area (Å²) in [5, 5.41) is 0.664. The Balaban J connectivity index is 1.79. The molecule has 0 saturated heterocycles. The molecule has 1 aromatic heterocycles. The molecule has 0 aliphatic heterocycles. The van der Waals surface area contributed by atoms with Gasteiger partial charge in [0.2, 0.25) is 0 Å². The number of hydrogen-bond acceptors (Lipinski definition) is 3. The highest BCUT2D eigenvalue weighted by atomic mass is 35.5. The van der Waals surface area contributed by atoms with E-state index in [2.05, 4.69) is 0 Å². The smallest absolute Gasteiger partial charge is 0.289 e. The van der Waals surface area contributed by atoms with Crippen LogP contribution in [0.15, 0.2) is 47.1 Å². The highest BCUT2D eigenvalue weighted by Crippen LogP contribution is 2.15. The van der Waals surface area contributed by atoms with E-state index in [0.717, 1.165) is 5.75 Å². The highest BCUT2D eigenvalue weighted by molar-refractivity contribution is 6.30. The first-order chi connectivity index (χ1) is 9.16. The Morgan fingerprint density at radius 1 is 1.32 bits per heavy atom. The van der Waals surface area contributed by atoms with Crippen LogP contribution in [0, 0.1) is 0 Å². The number of nitrogens with zero attached hydrogens (tertiary/aromatic N) is 1. The van der Waals surface area contributed by atoms with Crippen LogP contribution >= 0.6 is 11.6 Å². The van der Waals surface area contributed by atoms with E-state index in [1.54, 1.807) is 48.3 Å². The third-order valence-electron chi connectivity index (χ3n) is 2.59. The fourth-order valence-corrected chi connectivity index (χ4v) is 1.65. The minimum Gasteiger partial charge on any atom is -0.492 e.